The summed E-state index contributed by atoms with van der Waals surface area (Å²) < 4.78 is 0. The van der Waals surface area contributed by atoms with Gasteiger partial charge < -0.3 is 20.2 Å². The molecule has 4 fully saturated rings. The molecule has 1 aliphatic heterocycles. The number of carbonyl (C=O) groups is 1. The van der Waals surface area contributed by atoms with E-state index in [0.717, 1.165) is 30.4 Å². The number of benzene rings is 1. The first-order chi connectivity index (χ1) is 19.0. The Labute approximate surface area is 240 Å². The van der Waals surface area contributed by atoms with E-state index in [1.165, 1.54) is 36.8 Å². The second kappa shape index (κ2) is 11.6. The van der Waals surface area contributed by atoms with E-state index in [2.05, 4.69) is 44.7 Å². The Bertz CT molecular complexity index is 1150. The van der Waals surface area contributed by atoms with Gasteiger partial charge in [-0.2, -0.15) is 0 Å². The van der Waals surface area contributed by atoms with Crippen molar-refractivity contribution in [1.82, 2.24) is 4.90 Å². The van der Waals surface area contributed by atoms with Gasteiger partial charge >= 0.3 is 0 Å². The van der Waals surface area contributed by atoms with E-state index in [1.54, 1.807) is 6.92 Å². The molecule has 1 saturated heterocycles. The number of allylic oxidation sites excluding steroid dienone is 3. The minimum absolute atomic E-state index is 0.0716. The molecule has 0 aromatic heterocycles. The molecule has 3 saturated carbocycles. The van der Waals surface area contributed by atoms with E-state index in [0.29, 0.717) is 43.6 Å². The summed E-state index contributed by atoms with van der Waals surface area (Å²) in [5, 5.41) is 31.4. The van der Waals surface area contributed by atoms with Crippen molar-refractivity contribution in [3.63, 3.8) is 0 Å². The van der Waals surface area contributed by atoms with Crippen molar-refractivity contribution < 1.29 is 20.1 Å². The fourth-order valence-electron chi connectivity index (χ4n) is 8.79. The zero-order valence-electron chi connectivity index (χ0n) is 24.7. The number of carbonyl (C=O) groups excluding carboxylic acids is 1. The Morgan fingerprint density at radius 1 is 1.15 bits per heavy atom. The molecule has 5 nitrogen and oxygen atoms in total. The van der Waals surface area contributed by atoms with Crippen LogP contribution in [0.15, 0.2) is 65.8 Å². The van der Waals surface area contributed by atoms with Crippen LogP contribution >= 0.6 is 0 Å². The van der Waals surface area contributed by atoms with Crippen molar-refractivity contribution in [2.75, 3.05) is 6.54 Å². The van der Waals surface area contributed by atoms with Crippen molar-refractivity contribution >= 4 is 5.91 Å². The molecule has 5 heteroatoms. The Morgan fingerprint density at radius 2 is 1.90 bits per heavy atom. The first-order valence-electron chi connectivity index (χ1n) is 15.5. The third-order valence-corrected chi connectivity index (χ3v) is 10.9. The van der Waals surface area contributed by atoms with Crippen LogP contribution in [0.25, 0.3) is 0 Å². The molecular formula is C35H49NO4. The summed E-state index contributed by atoms with van der Waals surface area (Å²) in [5.41, 5.74) is 3.39. The standard InChI is InChI=1S/C35H49NO4/c1-23(19-28-22-35(4,40)33(39)36(28)18-16-25-9-6-5-7-10-25)30-14-15-31-26(11-8-17-34(30,31)3)12-13-27-20-29(37)21-32(38)24(27)2/h5-7,9-10,12-13,23,28-32,37-38,40H,2,8,11,14-22H2,1,3-4H3/b26-12-,27-13-/t23-,28+,29-,30-,31+,32+,34-,35+/m1/s1. The molecule has 0 unspecified atom stereocenters. The number of nitrogens with zero attached hydrogens (tertiary/aromatic N) is 1. The van der Waals surface area contributed by atoms with Crippen LogP contribution in [-0.2, 0) is 11.2 Å². The van der Waals surface area contributed by atoms with Crippen LogP contribution in [0.3, 0.4) is 0 Å². The van der Waals surface area contributed by atoms with Crippen LogP contribution in [0, 0.1) is 23.2 Å². The van der Waals surface area contributed by atoms with E-state index < -0.39 is 17.8 Å². The molecule has 1 heterocycles. The normalized spacial score (nSPS) is 39.2. The predicted molar refractivity (Wildman–Crippen MR) is 159 cm³/mol. The third-order valence-electron chi connectivity index (χ3n) is 10.9. The monoisotopic (exact) mass is 547 g/mol. The average Bonchev–Trinajstić information content (AvgIpc) is 3.37. The van der Waals surface area contributed by atoms with Gasteiger partial charge in [0.2, 0.25) is 0 Å². The largest absolute Gasteiger partial charge is 0.393 e. The molecule has 5 rings (SSSR count). The van der Waals surface area contributed by atoms with E-state index in [1.807, 2.05) is 23.1 Å². The lowest BCUT2D eigenvalue weighted by atomic mass is 9.60. The number of hydrogen-bond donors (Lipinski definition) is 3. The van der Waals surface area contributed by atoms with Gasteiger partial charge in [-0.3, -0.25) is 4.79 Å². The lowest BCUT2D eigenvalue weighted by molar-refractivity contribution is -0.142. The lowest BCUT2D eigenvalue weighted by Gasteiger charge is -2.45. The first kappa shape index (κ1) is 29.3. The molecule has 0 spiro atoms. The highest BCUT2D eigenvalue weighted by Gasteiger charge is 2.53. The lowest BCUT2D eigenvalue weighted by Crippen LogP contribution is -2.41. The summed E-state index contributed by atoms with van der Waals surface area (Å²) in [6.45, 7) is 11.3. The molecule has 3 aliphatic carbocycles. The zero-order chi connectivity index (χ0) is 28.7. The fraction of sp³-hybridized carbons (Fsp3) is 0.629. The van der Waals surface area contributed by atoms with Gasteiger partial charge in [-0.1, -0.05) is 68.5 Å². The van der Waals surface area contributed by atoms with Gasteiger partial charge in [0.05, 0.1) is 12.2 Å². The molecule has 40 heavy (non-hydrogen) atoms. The molecule has 1 aromatic rings. The third kappa shape index (κ3) is 5.75. The van der Waals surface area contributed by atoms with Gasteiger partial charge in [0.15, 0.2) is 0 Å². The summed E-state index contributed by atoms with van der Waals surface area (Å²) in [6.07, 6.45) is 12.3. The van der Waals surface area contributed by atoms with Crippen LogP contribution in [-0.4, -0.2) is 56.5 Å². The maximum Gasteiger partial charge on any atom is 0.254 e. The maximum atomic E-state index is 13.2. The quantitative estimate of drug-likeness (QED) is 0.406. The Hall–Kier alpha value is -2.21. The Balaban J connectivity index is 1.28. The molecule has 218 valence electrons. The molecule has 1 aromatic carbocycles. The van der Waals surface area contributed by atoms with Crippen molar-refractivity contribution in [2.45, 2.75) is 109 Å². The van der Waals surface area contributed by atoms with Gasteiger partial charge in [0.1, 0.15) is 5.60 Å². The van der Waals surface area contributed by atoms with Crippen molar-refractivity contribution in [3.05, 3.63) is 71.3 Å². The topological polar surface area (TPSA) is 81.0 Å². The summed E-state index contributed by atoms with van der Waals surface area (Å²) in [7, 11) is 0. The van der Waals surface area contributed by atoms with Crippen LogP contribution in [0.4, 0.5) is 0 Å². The smallest absolute Gasteiger partial charge is 0.254 e. The predicted octanol–water partition coefficient (Wildman–Crippen LogP) is 5.75. The van der Waals surface area contributed by atoms with Crippen LogP contribution < -0.4 is 0 Å². The highest BCUT2D eigenvalue weighted by Crippen LogP contribution is 2.60. The van der Waals surface area contributed by atoms with E-state index >= 15 is 0 Å². The van der Waals surface area contributed by atoms with Crippen molar-refractivity contribution in [1.29, 1.82) is 0 Å². The number of fused-ring (bicyclic) bond motifs is 1. The summed E-state index contributed by atoms with van der Waals surface area (Å²) in [6, 6.07) is 10.4. The molecule has 8 atom stereocenters. The van der Waals surface area contributed by atoms with E-state index in [-0.39, 0.29) is 17.4 Å². The number of aliphatic hydroxyl groups is 3. The SMILES string of the molecule is C=C1/C(=C\C=C2\CCC[C@]3(C)[C@@H]([C@H](C)C[C@H]4C[C@](C)(O)C(=O)N4CCc4ccccc4)CC[C@@H]23)C[C@@H](O)C[C@@H]1O. The maximum absolute atomic E-state index is 13.2. The molecule has 4 aliphatic rings. The van der Waals surface area contributed by atoms with Crippen LogP contribution in [0.5, 0.6) is 0 Å². The second-order valence-electron chi connectivity index (χ2n) is 13.7. The Kier molecular flexibility index (Phi) is 8.48. The van der Waals surface area contributed by atoms with Crippen LogP contribution in [0.1, 0.15) is 84.1 Å². The second-order valence-corrected chi connectivity index (χ2v) is 13.7. The molecule has 0 radical (unpaired) electrons. The van der Waals surface area contributed by atoms with Gasteiger partial charge in [0.25, 0.3) is 5.91 Å². The summed E-state index contributed by atoms with van der Waals surface area (Å²) >= 11 is 0. The number of aliphatic hydroxyl groups excluding tert-OH is 2. The number of rotatable bonds is 7. The van der Waals surface area contributed by atoms with Gasteiger partial charge in [-0.25, -0.2) is 0 Å². The fourth-order valence-corrected chi connectivity index (χ4v) is 8.79. The zero-order valence-corrected chi connectivity index (χ0v) is 24.7. The molecule has 0 bridgehead atoms. The number of hydrogen-bond acceptors (Lipinski definition) is 4. The van der Waals surface area contributed by atoms with Crippen molar-refractivity contribution in [3.8, 4) is 0 Å². The highest BCUT2D eigenvalue weighted by molar-refractivity contribution is 5.87. The average molecular weight is 548 g/mol. The molecule has 3 N–H and O–H groups in total. The van der Waals surface area contributed by atoms with Crippen molar-refractivity contribution in [2.24, 2.45) is 23.2 Å². The van der Waals surface area contributed by atoms with Gasteiger partial charge in [-0.15, -0.1) is 0 Å². The van der Waals surface area contributed by atoms with Crippen LogP contribution in [0.2, 0.25) is 0 Å². The minimum atomic E-state index is -1.28. The van der Waals surface area contributed by atoms with Gasteiger partial charge in [0, 0.05) is 25.4 Å². The Morgan fingerprint density at radius 3 is 2.65 bits per heavy atom. The number of amides is 1. The summed E-state index contributed by atoms with van der Waals surface area (Å²) in [5.74, 6) is 1.46. The summed E-state index contributed by atoms with van der Waals surface area (Å²) in [4.78, 5) is 15.2. The highest BCUT2D eigenvalue weighted by atomic mass is 16.3. The van der Waals surface area contributed by atoms with E-state index in [9.17, 15) is 20.1 Å². The minimum Gasteiger partial charge on any atom is -0.393 e. The van der Waals surface area contributed by atoms with E-state index in [4.69, 9.17) is 0 Å². The number of likely N-dealkylation sites (tertiary alicyclic amines) is 1. The van der Waals surface area contributed by atoms with Gasteiger partial charge in [-0.05, 0) is 98.2 Å². The molecular weight excluding hydrogens is 498 g/mol. The first-order valence-corrected chi connectivity index (χ1v) is 15.5. The molecule has 1 amide bonds.